The molecule has 0 aliphatic rings. The maximum Gasteiger partial charge on any atom is 0.504 e. The van der Waals surface area contributed by atoms with Crippen molar-refractivity contribution < 1.29 is 18.8 Å². The van der Waals surface area contributed by atoms with E-state index in [1.807, 2.05) is 0 Å². The Bertz CT molecular complexity index is 386. The zero-order chi connectivity index (χ0) is 11.3. The summed E-state index contributed by atoms with van der Waals surface area (Å²) in [6, 6.07) is 7.79. The van der Waals surface area contributed by atoms with E-state index in [2.05, 4.69) is 4.62 Å². The van der Waals surface area contributed by atoms with E-state index in [1.165, 1.54) is 12.1 Å². The van der Waals surface area contributed by atoms with Crippen molar-refractivity contribution in [2.45, 2.75) is 0 Å². The molecule has 1 rings (SSSR count). The maximum absolute atomic E-state index is 11.4. The first-order valence-corrected chi connectivity index (χ1v) is 5.54. The van der Waals surface area contributed by atoms with Crippen molar-refractivity contribution in [1.82, 2.24) is 4.61 Å². The summed E-state index contributed by atoms with van der Waals surface area (Å²) in [5.41, 5.74) is 0. The largest absolute Gasteiger partial charge is 0.504 e. The highest BCUT2D eigenvalue weighted by Crippen LogP contribution is 2.44. The quantitative estimate of drug-likeness (QED) is 0.374. The molecule has 0 aromatic heterocycles. The lowest BCUT2D eigenvalue weighted by Crippen LogP contribution is -2.11. The van der Waals surface area contributed by atoms with Crippen LogP contribution in [0.5, 0.6) is 5.75 Å². The van der Waals surface area contributed by atoms with Gasteiger partial charge in [0, 0.05) is 0 Å². The zero-order valence-corrected chi connectivity index (χ0v) is 8.85. The van der Waals surface area contributed by atoms with E-state index in [0.29, 0.717) is 0 Å². The normalized spacial score (nSPS) is 13.9. The predicted molar refractivity (Wildman–Crippen MR) is 51.7 cm³/mol. The molecule has 0 aliphatic heterocycles. The second-order valence-corrected chi connectivity index (χ2v) is 4.31. The van der Waals surface area contributed by atoms with Crippen molar-refractivity contribution in [3.8, 4) is 5.75 Å². The van der Waals surface area contributed by atoms with Crippen LogP contribution in [0.1, 0.15) is 0 Å². The Kier molecular flexibility index (Phi) is 3.90. The Morgan fingerprint density at radius 2 is 2.00 bits per heavy atom. The molecule has 7 nitrogen and oxygen atoms in total. The van der Waals surface area contributed by atoms with Crippen molar-refractivity contribution in [1.29, 1.82) is 0 Å². The third kappa shape index (κ3) is 3.75. The molecule has 82 valence electrons. The van der Waals surface area contributed by atoms with Crippen molar-refractivity contribution >= 4 is 19.5 Å². The lowest BCUT2D eigenvalue weighted by Gasteiger charge is -2.13. The van der Waals surface area contributed by atoms with Crippen LogP contribution in [-0.2, 0) is 9.19 Å². The van der Waals surface area contributed by atoms with Crippen molar-refractivity contribution in [3.05, 3.63) is 40.4 Å². The topological polar surface area (TPSA) is 90.7 Å². The second-order valence-electron chi connectivity index (χ2n) is 2.29. The molecule has 0 fully saturated rings. The van der Waals surface area contributed by atoms with Gasteiger partial charge in [-0.3, -0.25) is 0 Å². The van der Waals surface area contributed by atoms with E-state index in [4.69, 9.17) is 16.3 Å². The van der Waals surface area contributed by atoms with Gasteiger partial charge in [-0.1, -0.05) is 18.2 Å². The van der Waals surface area contributed by atoms with Gasteiger partial charge in [0.15, 0.2) is 0 Å². The molecule has 0 radical (unpaired) electrons. The van der Waals surface area contributed by atoms with E-state index in [0.717, 1.165) is 0 Å². The lowest BCUT2D eigenvalue weighted by molar-refractivity contribution is -0.715. The molecule has 0 spiro atoms. The van der Waals surface area contributed by atoms with Crippen molar-refractivity contribution in [2.24, 2.45) is 0 Å². The van der Waals surface area contributed by atoms with E-state index in [9.17, 15) is 14.7 Å². The summed E-state index contributed by atoms with van der Waals surface area (Å²) in [5.74, 6) is 0.135. The van der Waals surface area contributed by atoms with Crippen molar-refractivity contribution in [3.63, 3.8) is 0 Å². The van der Waals surface area contributed by atoms with E-state index >= 15 is 0 Å². The monoisotopic (exact) mass is 252 g/mol. The Balaban J connectivity index is 2.77. The zero-order valence-electron chi connectivity index (χ0n) is 7.20. The van der Waals surface area contributed by atoms with Gasteiger partial charge in [0.1, 0.15) is 5.75 Å². The number of benzene rings is 1. The molecular formula is C6H6ClN2O5P. The van der Waals surface area contributed by atoms with Gasteiger partial charge >= 0.3 is 12.8 Å². The number of para-hydroxylation sites is 1. The summed E-state index contributed by atoms with van der Waals surface area (Å²) in [5, 5.41) is 8.75. The van der Waals surface area contributed by atoms with E-state index in [1.54, 1.807) is 22.8 Å². The molecule has 0 aliphatic carbocycles. The Hall–Kier alpha value is -1.30. The van der Waals surface area contributed by atoms with Crippen LogP contribution in [0, 0.1) is 10.1 Å². The number of nitrogens with zero attached hydrogens (tertiary/aromatic N) is 1. The molecular weight excluding hydrogens is 247 g/mol. The molecule has 0 heterocycles. The molecule has 1 aromatic carbocycles. The molecule has 1 N–H and O–H groups in total. The van der Waals surface area contributed by atoms with E-state index in [-0.39, 0.29) is 5.75 Å². The predicted octanol–water partition coefficient (Wildman–Crippen LogP) is 2.13. The third-order valence-corrected chi connectivity index (χ3v) is 2.87. The van der Waals surface area contributed by atoms with Crippen LogP contribution in [0.2, 0.25) is 0 Å². The Morgan fingerprint density at radius 1 is 1.40 bits per heavy atom. The van der Waals surface area contributed by atoms with Crippen LogP contribution in [0.25, 0.3) is 0 Å². The highest BCUT2D eigenvalue weighted by atomic mass is 35.5. The summed E-state index contributed by atoms with van der Waals surface area (Å²) in [6.07, 6.45) is 0. The summed E-state index contributed by atoms with van der Waals surface area (Å²) < 4.78 is 21.5. The summed E-state index contributed by atoms with van der Waals surface area (Å²) in [4.78, 5) is 10.00. The van der Waals surface area contributed by atoms with Crippen LogP contribution in [0.3, 0.4) is 0 Å². The molecule has 9 heteroatoms. The molecule has 0 saturated carbocycles. The van der Waals surface area contributed by atoms with Crippen LogP contribution < -0.4 is 9.13 Å². The third-order valence-electron chi connectivity index (χ3n) is 1.25. The Labute approximate surface area is 89.7 Å². The molecule has 1 unspecified atom stereocenters. The lowest BCUT2D eigenvalue weighted by atomic mass is 10.3. The number of nitrogens with one attached hydrogen (secondary N) is 1. The highest BCUT2D eigenvalue weighted by Gasteiger charge is 2.29. The first-order chi connectivity index (χ1) is 7.06. The van der Waals surface area contributed by atoms with Crippen LogP contribution in [0.15, 0.2) is 30.3 Å². The van der Waals surface area contributed by atoms with Gasteiger partial charge in [-0.15, -0.1) is 14.7 Å². The number of hydrogen-bond acceptors (Lipinski definition) is 5. The first-order valence-electron chi connectivity index (χ1n) is 3.62. The second kappa shape index (κ2) is 4.97. The van der Waals surface area contributed by atoms with Crippen LogP contribution in [0.4, 0.5) is 0 Å². The molecule has 0 saturated heterocycles. The van der Waals surface area contributed by atoms with Gasteiger partial charge in [-0.2, -0.15) is 4.62 Å². The molecule has 1 aromatic rings. The fourth-order valence-corrected chi connectivity index (χ4v) is 1.63. The van der Waals surface area contributed by atoms with E-state index < -0.39 is 12.8 Å². The average molecular weight is 253 g/mol. The minimum absolute atomic E-state index is 0.135. The average Bonchev–Trinajstić information content (AvgIpc) is 2.18. The van der Waals surface area contributed by atoms with Crippen LogP contribution >= 0.6 is 19.5 Å². The van der Waals surface area contributed by atoms with Gasteiger partial charge in [-0.25, -0.2) is 4.57 Å². The number of hydrogen-bond donors (Lipinski definition) is 1. The summed E-state index contributed by atoms with van der Waals surface area (Å²) in [6.45, 7) is 0. The van der Waals surface area contributed by atoms with Crippen molar-refractivity contribution in [2.75, 3.05) is 0 Å². The first kappa shape index (κ1) is 11.8. The van der Waals surface area contributed by atoms with Gasteiger partial charge in [-0.05, 0) is 23.9 Å². The molecule has 15 heavy (non-hydrogen) atoms. The van der Waals surface area contributed by atoms with Crippen LogP contribution in [-0.4, -0.2) is 5.09 Å². The maximum atomic E-state index is 11.4. The summed E-state index contributed by atoms with van der Waals surface area (Å²) in [7, 11) is -4.16. The standard InChI is InChI=1S/C6H6ClN2O5P/c7-8-15(12,14-9(10)11)13-6-4-2-1-3-5-6/h1-5H,(H,8,12). The minimum Gasteiger partial charge on any atom is -0.414 e. The number of rotatable bonds is 5. The smallest absolute Gasteiger partial charge is 0.414 e. The number of halogens is 1. The van der Waals surface area contributed by atoms with Gasteiger partial charge < -0.3 is 4.52 Å². The molecule has 0 amide bonds. The van der Waals surface area contributed by atoms with Gasteiger partial charge in [0.25, 0.3) is 0 Å². The highest BCUT2D eigenvalue weighted by molar-refractivity contribution is 7.53. The summed E-state index contributed by atoms with van der Waals surface area (Å²) >= 11 is 5.04. The minimum atomic E-state index is -4.16. The molecule has 0 bridgehead atoms. The fourth-order valence-electron chi connectivity index (χ4n) is 0.757. The Morgan fingerprint density at radius 3 is 2.47 bits per heavy atom. The molecule has 1 atom stereocenters. The van der Waals surface area contributed by atoms with Gasteiger partial charge in [0.2, 0.25) is 0 Å². The SMILES string of the molecule is O=[N+]([O-])OP(=O)(NCl)Oc1ccccc1. The van der Waals surface area contributed by atoms with Gasteiger partial charge in [0.05, 0.1) is 0 Å². The fraction of sp³-hybridized carbons (Fsp3) is 0.